The number of aryl methyl sites for hydroxylation is 1. The molecular formula is C24H26FN5O2S. The van der Waals surface area contributed by atoms with Gasteiger partial charge in [-0.25, -0.2) is 12.8 Å². The van der Waals surface area contributed by atoms with E-state index >= 15 is 0 Å². The Morgan fingerprint density at radius 2 is 1.91 bits per heavy atom. The van der Waals surface area contributed by atoms with E-state index in [9.17, 15) is 12.8 Å². The molecule has 0 amide bonds. The number of nitrogens with two attached hydrogens (primary N) is 1. The zero-order chi connectivity index (χ0) is 23.6. The van der Waals surface area contributed by atoms with Crippen LogP contribution in [0.5, 0.6) is 0 Å². The number of hydrogen-bond donors (Lipinski definition) is 1. The number of hydrogen-bond acceptors (Lipinski definition) is 7. The summed E-state index contributed by atoms with van der Waals surface area (Å²) < 4.78 is 40.5. The van der Waals surface area contributed by atoms with Crippen molar-refractivity contribution >= 4 is 26.7 Å². The van der Waals surface area contributed by atoms with E-state index in [0.717, 1.165) is 41.2 Å². The first kappa shape index (κ1) is 21.9. The third kappa shape index (κ3) is 3.49. The van der Waals surface area contributed by atoms with Gasteiger partial charge >= 0.3 is 0 Å². The molecule has 1 aliphatic heterocycles. The van der Waals surface area contributed by atoms with Crippen LogP contribution in [-0.4, -0.2) is 39.7 Å². The van der Waals surface area contributed by atoms with Crippen molar-refractivity contribution < 1.29 is 12.8 Å². The summed E-state index contributed by atoms with van der Waals surface area (Å²) in [4.78, 5) is 17.7. The molecule has 0 saturated heterocycles. The van der Waals surface area contributed by atoms with Gasteiger partial charge < -0.3 is 5.73 Å². The van der Waals surface area contributed by atoms with E-state index in [4.69, 9.17) is 5.73 Å². The standard InChI is InChI=1S/C24H26FN5O2S/c1-14-8-20-21(29-11-14)15(6-7-27-20)9-17-10-18(19(25)12-28-17)23(2)13-33(31,32)24(3,16-4-5-16)22(26)30-23/h6-8,10-12,16H,4-5,9,13H2,1-3H3,(H2,26,30)/t23-,24-/m0/s1. The van der Waals surface area contributed by atoms with E-state index in [0.29, 0.717) is 12.1 Å². The quantitative estimate of drug-likeness (QED) is 0.631. The summed E-state index contributed by atoms with van der Waals surface area (Å²) in [6.07, 6.45) is 6.63. The average Bonchev–Trinajstić information content (AvgIpc) is 3.58. The molecular weight excluding hydrogens is 441 g/mol. The molecule has 7 nitrogen and oxygen atoms in total. The predicted molar refractivity (Wildman–Crippen MR) is 125 cm³/mol. The summed E-state index contributed by atoms with van der Waals surface area (Å²) in [5.74, 6) is -0.857. The predicted octanol–water partition coefficient (Wildman–Crippen LogP) is 3.23. The maximum atomic E-state index is 15.0. The van der Waals surface area contributed by atoms with Crippen LogP contribution < -0.4 is 5.73 Å². The second kappa shape index (κ2) is 7.28. The highest BCUT2D eigenvalue weighted by molar-refractivity contribution is 7.93. The van der Waals surface area contributed by atoms with Crippen molar-refractivity contribution in [1.29, 1.82) is 0 Å². The van der Waals surface area contributed by atoms with Gasteiger partial charge in [0, 0.05) is 30.1 Å². The molecule has 5 rings (SSSR count). The Kier molecular flexibility index (Phi) is 4.83. The van der Waals surface area contributed by atoms with Crippen LogP contribution in [0, 0.1) is 18.7 Å². The molecule has 1 saturated carbocycles. The van der Waals surface area contributed by atoms with Gasteiger partial charge in [0.1, 0.15) is 21.9 Å². The highest BCUT2D eigenvalue weighted by Gasteiger charge is 2.58. The number of aliphatic imine (C=N–C) groups is 1. The minimum Gasteiger partial charge on any atom is -0.386 e. The zero-order valence-corrected chi connectivity index (χ0v) is 19.7. The molecule has 2 atom stereocenters. The van der Waals surface area contributed by atoms with Gasteiger partial charge in [-0.15, -0.1) is 0 Å². The van der Waals surface area contributed by atoms with E-state index in [1.165, 1.54) is 0 Å². The second-order valence-corrected chi connectivity index (χ2v) is 12.0. The van der Waals surface area contributed by atoms with Crippen LogP contribution in [0.25, 0.3) is 11.0 Å². The van der Waals surface area contributed by atoms with Crippen LogP contribution in [0.1, 0.15) is 49.1 Å². The summed E-state index contributed by atoms with van der Waals surface area (Å²) in [7, 11) is -3.65. The molecule has 1 aliphatic carbocycles. The van der Waals surface area contributed by atoms with Crippen molar-refractivity contribution in [2.24, 2.45) is 16.6 Å². The lowest BCUT2D eigenvalue weighted by Crippen LogP contribution is -2.58. The minimum absolute atomic E-state index is 0.0234. The average molecular weight is 468 g/mol. The third-order valence-corrected chi connectivity index (χ3v) is 9.79. The van der Waals surface area contributed by atoms with E-state index in [1.807, 2.05) is 19.1 Å². The van der Waals surface area contributed by atoms with Gasteiger partial charge in [0.15, 0.2) is 9.84 Å². The molecule has 33 heavy (non-hydrogen) atoms. The van der Waals surface area contributed by atoms with Gasteiger partial charge in [0.25, 0.3) is 0 Å². The highest BCUT2D eigenvalue weighted by Crippen LogP contribution is 2.49. The van der Waals surface area contributed by atoms with Gasteiger partial charge in [-0.1, -0.05) is 0 Å². The second-order valence-electron chi connectivity index (χ2n) is 9.59. The number of halogens is 1. The van der Waals surface area contributed by atoms with Gasteiger partial charge in [-0.2, -0.15) is 0 Å². The molecule has 0 radical (unpaired) electrons. The molecule has 2 N–H and O–H groups in total. The summed E-state index contributed by atoms with van der Waals surface area (Å²) in [6.45, 7) is 5.22. The van der Waals surface area contributed by atoms with Crippen LogP contribution in [0.4, 0.5) is 4.39 Å². The Labute approximate surface area is 192 Å². The first-order valence-corrected chi connectivity index (χ1v) is 12.6. The van der Waals surface area contributed by atoms with Gasteiger partial charge in [-0.05, 0) is 68.9 Å². The SMILES string of the molecule is Cc1cnc2c(Cc3cc([C@]4(C)CS(=O)(=O)[C@@](C)(C5CC5)C(N)=N4)c(F)cn3)ccnc2c1. The Balaban J connectivity index is 1.56. The van der Waals surface area contributed by atoms with Crippen LogP contribution in [0.2, 0.25) is 0 Å². The van der Waals surface area contributed by atoms with Crippen molar-refractivity contribution in [3.05, 3.63) is 65.0 Å². The number of amidine groups is 1. The summed E-state index contributed by atoms with van der Waals surface area (Å²) in [5.41, 5.74) is 9.13. The van der Waals surface area contributed by atoms with E-state index in [-0.39, 0.29) is 23.1 Å². The molecule has 0 aromatic carbocycles. The first-order valence-electron chi connectivity index (χ1n) is 11.0. The number of rotatable bonds is 4. The molecule has 0 unspecified atom stereocenters. The molecule has 4 heterocycles. The lowest BCUT2D eigenvalue weighted by molar-refractivity contribution is 0.461. The van der Waals surface area contributed by atoms with Crippen LogP contribution in [-0.2, 0) is 21.8 Å². The largest absolute Gasteiger partial charge is 0.386 e. The first-order chi connectivity index (χ1) is 15.5. The number of fused-ring (bicyclic) bond motifs is 1. The van der Waals surface area contributed by atoms with E-state index in [1.54, 1.807) is 32.3 Å². The van der Waals surface area contributed by atoms with Crippen molar-refractivity contribution in [3.8, 4) is 0 Å². The summed E-state index contributed by atoms with van der Waals surface area (Å²) in [6, 6.07) is 5.42. The Morgan fingerprint density at radius 3 is 2.61 bits per heavy atom. The molecule has 0 bridgehead atoms. The van der Waals surface area contributed by atoms with Gasteiger partial charge in [0.2, 0.25) is 0 Å². The molecule has 9 heteroatoms. The number of aromatic nitrogens is 3. The number of sulfone groups is 1. The Hall–Kier alpha value is -2.94. The lowest BCUT2D eigenvalue weighted by atomic mass is 9.92. The summed E-state index contributed by atoms with van der Waals surface area (Å²) in [5, 5.41) is 0. The zero-order valence-electron chi connectivity index (χ0n) is 18.8. The van der Waals surface area contributed by atoms with E-state index in [2.05, 4.69) is 19.9 Å². The highest BCUT2D eigenvalue weighted by atomic mass is 32.2. The molecule has 3 aromatic heterocycles. The van der Waals surface area contributed by atoms with Crippen LogP contribution >= 0.6 is 0 Å². The summed E-state index contributed by atoms with van der Waals surface area (Å²) >= 11 is 0. The van der Waals surface area contributed by atoms with Crippen LogP contribution in [0.15, 0.2) is 41.8 Å². The smallest absolute Gasteiger partial charge is 0.165 e. The monoisotopic (exact) mass is 467 g/mol. The van der Waals surface area contributed by atoms with E-state index < -0.39 is 25.9 Å². The molecule has 3 aromatic rings. The molecule has 2 aliphatic rings. The minimum atomic E-state index is -3.65. The number of pyridine rings is 3. The van der Waals surface area contributed by atoms with Gasteiger partial charge in [0.05, 0.1) is 23.0 Å². The maximum absolute atomic E-state index is 15.0. The van der Waals surface area contributed by atoms with Crippen molar-refractivity contribution in [1.82, 2.24) is 15.0 Å². The van der Waals surface area contributed by atoms with Crippen LogP contribution in [0.3, 0.4) is 0 Å². The molecule has 172 valence electrons. The molecule has 0 spiro atoms. The Morgan fingerprint density at radius 1 is 1.15 bits per heavy atom. The van der Waals surface area contributed by atoms with Crippen molar-refractivity contribution in [3.63, 3.8) is 0 Å². The topological polar surface area (TPSA) is 111 Å². The fourth-order valence-corrected chi connectivity index (χ4v) is 7.21. The Bertz CT molecular complexity index is 1420. The normalized spacial score (nSPS) is 26.8. The third-order valence-electron chi connectivity index (χ3n) is 7.01. The fraction of sp³-hybridized carbons (Fsp3) is 0.417. The number of nitrogens with zero attached hydrogens (tertiary/aromatic N) is 4. The molecule has 1 fully saturated rings. The maximum Gasteiger partial charge on any atom is 0.165 e. The van der Waals surface area contributed by atoms with Crippen molar-refractivity contribution in [2.75, 3.05) is 5.75 Å². The van der Waals surface area contributed by atoms with Crippen molar-refractivity contribution in [2.45, 2.75) is 50.3 Å². The fourth-order valence-electron chi connectivity index (χ4n) is 4.84. The van der Waals surface area contributed by atoms with Gasteiger partial charge in [-0.3, -0.25) is 19.9 Å². The lowest BCUT2D eigenvalue weighted by Gasteiger charge is -2.40.